The zero-order valence-corrected chi connectivity index (χ0v) is 11.4. The highest BCUT2D eigenvalue weighted by atomic mass is 16.5. The van der Waals surface area contributed by atoms with Gasteiger partial charge in [-0.3, -0.25) is 9.69 Å². The monoisotopic (exact) mass is 290 g/mol. The number of hydrogen-bond donors (Lipinski definition) is 1. The summed E-state index contributed by atoms with van der Waals surface area (Å²) in [5.41, 5.74) is 0.341. The van der Waals surface area contributed by atoms with Gasteiger partial charge in [-0.05, 0) is 25.0 Å². The zero-order valence-electron chi connectivity index (χ0n) is 11.4. The Hall–Kier alpha value is -2.57. The van der Waals surface area contributed by atoms with Gasteiger partial charge in [0.2, 0.25) is 0 Å². The molecule has 0 spiro atoms. The van der Waals surface area contributed by atoms with Gasteiger partial charge in [-0.1, -0.05) is 12.1 Å². The van der Waals surface area contributed by atoms with Crippen LogP contribution in [0.4, 0.5) is 10.5 Å². The fourth-order valence-corrected chi connectivity index (χ4v) is 2.96. The molecule has 0 radical (unpaired) electrons. The summed E-state index contributed by atoms with van der Waals surface area (Å²) in [6.45, 7) is 0. The molecule has 0 aliphatic carbocycles. The first-order valence-corrected chi connectivity index (χ1v) is 6.58. The molecule has 2 heterocycles. The van der Waals surface area contributed by atoms with Crippen molar-refractivity contribution in [1.82, 2.24) is 4.90 Å². The summed E-state index contributed by atoms with van der Waals surface area (Å²) >= 11 is 0. The van der Waals surface area contributed by atoms with E-state index in [1.165, 1.54) is 7.11 Å². The number of anilines is 1. The molecule has 2 atom stereocenters. The van der Waals surface area contributed by atoms with Gasteiger partial charge in [0.05, 0.1) is 12.8 Å². The van der Waals surface area contributed by atoms with Crippen molar-refractivity contribution in [2.75, 3.05) is 12.0 Å². The number of nitrogens with zero attached hydrogens (tertiary/aromatic N) is 2. The van der Waals surface area contributed by atoms with E-state index in [1.54, 1.807) is 24.3 Å². The summed E-state index contributed by atoms with van der Waals surface area (Å²) in [6, 6.07) is 4.44. The van der Waals surface area contributed by atoms with Crippen LogP contribution >= 0.6 is 0 Å². The Balaban J connectivity index is 2.01. The Morgan fingerprint density at radius 2 is 2.00 bits per heavy atom. The van der Waals surface area contributed by atoms with Crippen molar-refractivity contribution in [2.24, 2.45) is 0 Å². The van der Waals surface area contributed by atoms with E-state index < -0.39 is 30.0 Å². The second-order valence-electron chi connectivity index (χ2n) is 4.98. The molecule has 0 saturated carbocycles. The number of urea groups is 1. The molecule has 0 aromatic heterocycles. The number of fused-ring (bicyclic) bond motifs is 1. The largest absolute Gasteiger partial charge is 0.495 e. The molecule has 2 fully saturated rings. The van der Waals surface area contributed by atoms with Crippen LogP contribution in [-0.4, -0.2) is 47.1 Å². The van der Waals surface area contributed by atoms with Gasteiger partial charge in [-0.15, -0.1) is 0 Å². The number of methoxy groups -OCH3 is 1. The topological polar surface area (TPSA) is 87.2 Å². The minimum absolute atomic E-state index is 0.303. The van der Waals surface area contributed by atoms with Gasteiger partial charge in [0.15, 0.2) is 0 Å². The number of hydrogen-bond acceptors (Lipinski definition) is 4. The van der Waals surface area contributed by atoms with Crippen molar-refractivity contribution in [1.29, 1.82) is 0 Å². The molecule has 21 heavy (non-hydrogen) atoms. The van der Waals surface area contributed by atoms with E-state index in [4.69, 9.17) is 4.74 Å². The van der Waals surface area contributed by atoms with Gasteiger partial charge in [-0.2, -0.15) is 0 Å². The van der Waals surface area contributed by atoms with E-state index in [9.17, 15) is 19.5 Å². The third-order valence-electron chi connectivity index (χ3n) is 3.91. The molecule has 0 bridgehead atoms. The summed E-state index contributed by atoms with van der Waals surface area (Å²) in [5.74, 6) is -1.08. The highest BCUT2D eigenvalue weighted by molar-refractivity contribution is 6.23. The number of imide groups is 1. The third kappa shape index (κ3) is 1.84. The van der Waals surface area contributed by atoms with E-state index >= 15 is 0 Å². The fraction of sp³-hybridized carbons (Fsp3) is 0.357. The lowest BCUT2D eigenvalue weighted by molar-refractivity contribution is -0.141. The summed E-state index contributed by atoms with van der Waals surface area (Å²) < 4.78 is 5.17. The Labute approximate surface area is 120 Å². The van der Waals surface area contributed by atoms with Gasteiger partial charge >= 0.3 is 12.0 Å². The van der Waals surface area contributed by atoms with Crippen molar-refractivity contribution in [3.63, 3.8) is 0 Å². The van der Waals surface area contributed by atoms with Crippen molar-refractivity contribution in [2.45, 2.75) is 24.9 Å². The lowest BCUT2D eigenvalue weighted by Crippen LogP contribution is -2.42. The lowest BCUT2D eigenvalue weighted by atomic mass is 10.1. The smallest absolute Gasteiger partial charge is 0.332 e. The van der Waals surface area contributed by atoms with Crippen LogP contribution in [0.15, 0.2) is 24.3 Å². The van der Waals surface area contributed by atoms with Crippen LogP contribution in [0.1, 0.15) is 12.8 Å². The molecule has 3 amide bonds. The van der Waals surface area contributed by atoms with Gasteiger partial charge < -0.3 is 9.84 Å². The number of carboxylic acid groups (broad SMARTS) is 1. The minimum Gasteiger partial charge on any atom is -0.495 e. The Kier molecular flexibility index (Phi) is 3.04. The molecule has 1 N–H and O–H groups in total. The van der Waals surface area contributed by atoms with Gasteiger partial charge in [0.25, 0.3) is 5.91 Å². The van der Waals surface area contributed by atoms with Crippen LogP contribution < -0.4 is 9.64 Å². The SMILES string of the molecule is COc1ccccc1N1C(=O)[C@H]2CC[C@@H](C(=O)O)N2C1=O. The number of amides is 3. The summed E-state index contributed by atoms with van der Waals surface area (Å²) in [5, 5.41) is 9.17. The van der Waals surface area contributed by atoms with Gasteiger partial charge in [-0.25, -0.2) is 14.5 Å². The molecule has 2 aliphatic heterocycles. The Bertz CT molecular complexity index is 630. The van der Waals surface area contributed by atoms with Crippen molar-refractivity contribution >= 4 is 23.6 Å². The number of carbonyl (C=O) groups excluding carboxylic acids is 2. The number of carboxylic acids is 1. The number of para-hydroxylation sites is 2. The van der Waals surface area contributed by atoms with E-state index in [2.05, 4.69) is 0 Å². The quantitative estimate of drug-likeness (QED) is 0.842. The lowest BCUT2D eigenvalue weighted by Gasteiger charge is -2.21. The minimum atomic E-state index is -1.08. The fourth-order valence-electron chi connectivity index (χ4n) is 2.96. The molecule has 1 aromatic rings. The molecule has 0 unspecified atom stereocenters. The van der Waals surface area contributed by atoms with E-state index in [0.717, 1.165) is 9.80 Å². The molecule has 3 rings (SSSR count). The van der Waals surface area contributed by atoms with Crippen molar-refractivity contribution in [3.8, 4) is 5.75 Å². The third-order valence-corrected chi connectivity index (χ3v) is 3.91. The maximum Gasteiger partial charge on any atom is 0.332 e. The average molecular weight is 290 g/mol. The number of rotatable bonds is 3. The first-order chi connectivity index (χ1) is 10.1. The number of ether oxygens (including phenoxy) is 1. The maximum atomic E-state index is 12.5. The summed E-state index contributed by atoms with van der Waals surface area (Å²) in [7, 11) is 1.45. The zero-order chi connectivity index (χ0) is 15.1. The van der Waals surface area contributed by atoms with Crippen molar-refractivity contribution < 1.29 is 24.2 Å². The van der Waals surface area contributed by atoms with E-state index in [0.29, 0.717) is 24.3 Å². The van der Waals surface area contributed by atoms with Crippen molar-refractivity contribution in [3.05, 3.63) is 24.3 Å². The van der Waals surface area contributed by atoms with E-state index in [1.807, 2.05) is 0 Å². The number of benzene rings is 1. The molecular formula is C14H14N2O5. The van der Waals surface area contributed by atoms with Crippen LogP contribution in [-0.2, 0) is 9.59 Å². The maximum absolute atomic E-state index is 12.5. The second kappa shape index (κ2) is 4.76. The van der Waals surface area contributed by atoms with Crippen LogP contribution in [0.25, 0.3) is 0 Å². The van der Waals surface area contributed by atoms with Crippen LogP contribution in [0.3, 0.4) is 0 Å². The standard InChI is InChI=1S/C14H14N2O5/c1-21-11-5-3-2-4-8(11)16-12(17)9-6-7-10(13(18)19)15(9)14(16)20/h2-5,9-10H,6-7H2,1H3,(H,18,19)/t9-,10+/m1/s1. The number of carbonyl (C=O) groups is 3. The highest BCUT2D eigenvalue weighted by Gasteiger charge is 2.54. The van der Waals surface area contributed by atoms with Gasteiger partial charge in [0.1, 0.15) is 17.8 Å². The van der Waals surface area contributed by atoms with Crippen LogP contribution in [0, 0.1) is 0 Å². The second-order valence-corrected chi connectivity index (χ2v) is 4.98. The van der Waals surface area contributed by atoms with Crippen LogP contribution in [0.5, 0.6) is 5.75 Å². The number of aliphatic carboxylic acids is 1. The Morgan fingerprint density at radius 1 is 1.29 bits per heavy atom. The Morgan fingerprint density at radius 3 is 2.67 bits per heavy atom. The first kappa shape index (κ1) is 13.4. The summed E-state index contributed by atoms with van der Waals surface area (Å²) in [4.78, 5) is 38.3. The molecular weight excluding hydrogens is 276 g/mol. The average Bonchev–Trinajstić information content (AvgIpc) is 3.01. The molecule has 7 nitrogen and oxygen atoms in total. The molecule has 2 aliphatic rings. The summed E-state index contributed by atoms with van der Waals surface area (Å²) in [6.07, 6.45) is 0.671. The van der Waals surface area contributed by atoms with Gasteiger partial charge in [0, 0.05) is 0 Å². The highest BCUT2D eigenvalue weighted by Crippen LogP contribution is 2.38. The molecule has 1 aromatic carbocycles. The molecule has 7 heteroatoms. The van der Waals surface area contributed by atoms with E-state index in [-0.39, 0.29) is 0 Å². The predicted molar refractivity (Wildman–Crippen MR) is 72.2 cm³/mol. The first-order valence-electron chi connectivity index (χ1n) is 6.58. The molecule has 110 valence electrons. The predicted octanol–water partition coefficient (Wildman–Crippen LogP) is 1.08. The normalized spacial score (nSPS) is 24.4. The van der Waals surface area contributed by atoms with Crippen LogP contribution in [0.2, 0.25) is 0 Å². The molecule has 2 saturated heterocycles.